The number of carbonyl (C=O) groups is 2. The average molecular weight is 182 g/mol. The first-order chi connectivity index (χ1) is 6.18. The van der Waals surface area contributed by atoms with E-state index in [9.17, 15) is 9.59 Å². The molecule has 0 aliphatic carbocycles. The first-order valence-corrected chi connectivity index (χ1v) is 3.94. The van der Waals surface area contributed by atoms with Gasteiger partial charge in [0.1, 0.15) is 11.5 Å². The number of rotatable bonds is 5. The molecule has 0 spiro atoms. The molecule has 4 nitrogen and oxygen atoms in total. The second-order valence-electron chi connectivity index (χ2n) is 2.69. The van der Waals surface area contributed by atoms with E-state index in [1.54, 1.807) is 12.1 Å². The fourth-order valence-corrected chi connectivity index (χ4v) is 0.942. The molecule has 1 aromatic rings. The number of carboxylic acid groups (broad SMARTS) is 1. The Hall–Kier alpha value is -1.58. The van der Waals surface area contributed by atoms with Crippen molar-refractivity contribution in [1.29, 1.82) is 0 Å². The van der Waals surface area contributed by atoms with Gasteiger partial charge in [-0.15, -0.1) is 0 Å². The number of carbonyl (C=O) groups excluding carboxylic acids is 1. The lowest BCUT2D eigenvalue weighted by Crippen LogP contribution is -2.05. The molecule has 1 N–H and O–H groups in total. The van der Waals surface area contributed by atoms with Crippen LogP contribution in [-0.4, -0.2) is 16.9 Å². The summed E-state index contributed by atoms with van der Waals surface area (Å²) in [5, 5.41) is 8.31. The van der Waals surface area contributed by atoms with Crippen molar-refractivity contribution < 1.29 is 19.1 Å². The molecular formula is C9H10O4. The van der Waals surface area contributed by atoms with Gasteiger partial charge in [0.25, 0.3) is 0 Å². The van der Waals surface area contributed by atoms with E-state index < -0.39 is 5.97 Å². The smallest absolute Gasteiger partial charge is 0.303 e. The fourth-order valence-electron chi connectivity index (χ4n) is 0.942. The summed E-state index contributed by atoms with van der Waals surface area (Å²) in [5.74, 6) is -0.486. The quantitative estimate of drug-likeness (QED) is 0.744. The Morgan fingerprint density at radius 3 is 2.69 bits per heavy atom. The summed E-state index contributed by atoms with van der Waals surface area (Å²) < 4.78 is 4.94. The Morgan fingerprint density at radius 1 is 1.38 bits per heavy atom. The maximum absolute atomic E-state index is 11.1. The third kappa shape index (κ3) is 3.55. The molecule has 0 aliphatic heterocycles. The molecule has 0 atom stereocenters. The van der Waals surface area contributed by atoms with Crippen LogP contribution >= 0.6 is 0 Å². The van der Waals surface area contributed by atoms with Gasteiger partial charge in [-0.1, -0.05) is 0 Å². The second kappa shape index (κ2) is 4.45. The van der Waals surface area contributed by atoms with Crippen LogP contribution in [0.15, 0.2) is 22.8 Å². The normalized spacial score (nSPS) is 9.85. The first kappa shape index (κ1) is 9.51. The average Bonchev–Trinajstić information content (AvgIpc) is 2.53. The Morgan fingerprint density at radius 2 is 2.15 bits per heavy atom. The van der Waals surface area contributed by atoms with Gasteiger partial charge in [-0.3, -0.25) is 9.59 Å². The standard InChI is InChI=1S/C9H10O4/c10-7(3-4-9(11)12)6-8-2-1-5-13-8/h1-2,5H,3-4,6H2,(H,11,12). The van der Waals surface area contributed by atoms with Crippen LogP contribution in [0, 0.1) is 0 Å². The van der Waals surface area contributed by atoms with Gasteiger partial charge in [-0.25, -0.2) is 0 Å². The van der Waals surface area contributed by atoms with Crippen molar-refractivity contribution in [2.24, 2.45) is 0 Å². The van der Waals surface area contributed by atoms with Crippen LogP contribution in [-0.2, 0) is 16.0 Å². The highest BCUT2D eigenvalue weighted by atomic mass is 16.4. The highest BCUT2D eigenvalue weighted by Crippen LogP contribution is 2.04. The summed E-state index contributed by atoms with van der Waals surface area (Å²) in [5.41, 5.74) is 0. The molecule has 13 heavy (non-hydrogen) atoms. The third-order valence-electron chi connectivity index (χ3n) is 1.57. The largest absolute Gasteiger partial charge is 0.481 e. The van der Waals surface area contributed by atoms with Crippen LogP contribution in [0.25, 0.3) is 0 Å². The van der Waals surface area contributed by atoms with Gasteiger partial charge < -0.3 is 9.52 Å². The molecule has 0 saturated heterocycles. The minimum atomic E-state index is -0.951. The lowest BCUT2D eigenvalue weighted by Gasteiger charge is -1.94. The molecule has 0 aliphatic rings. The lowest BCUT2D eigenvalue weighted by molar-refractivity contribution is -0.138. The minimum absolute atomic E-state index is 0.0655. The molecule has 4 heteroatoms. The predicted molar refractivity (Wildman–Crippen MR) is 44.3 cm³/mol. The summed E-state index contributed by atoms with van der Waals surface area (Å²) >= 11 is 0. The van der Waals surface area contributed by atoms with E-state index in [1.807, 2.05) is 0 Å². The van der Waals surface area contributed by atoms with Crippen molar-refractivity contribution in [3.63, 3.8) is 0 Å². The van der Waals surface area contributed by atoms with Crippen molar-refractivity contribution in [3.8, 4) is 0 Å². The molecule has 0 saturated carbocycles. The lowest BCUT2D eigenvalue weighted by atomic mass is 10.1. The van der Waals surface area contributed by atoms with E-state index in [1.165, 1.54) is 6.26 Å². The number of hydrogen-bond donors (Lipinski definition) is 1. The summed E-state index contributed by atoms with van der Waals surface area (Å²) in [4.78, 5) is 21.2. The highest BCUT2D eigenvalue weighted by molar-refractivity contribution is 5.83. The molecule has 0 unspecified atom stereocenters. The molecule has 0 amide bonds. The van der Waals surface area contributed by atoms with Crippen LogP contribution in [0.1, 0.15) is 18.6 Å². The summed E-state index contributed by atoms with van der Waals surface area (Å²) in [7, 11) is 0. The van der Waals surface area contributed by atoms with Crippen LogP contribution in [0.5, 0.6) is 0 Å². The van der Waals surface area contributed by atoms with Gasteiger partial charge in [-0.2, -0.15) is 0 Å². The number of hydrogen-bond acceptors (Lipinski definition) is 3. The van der Waals surface area contributed by atoms with Crippen molar-refractivity contribution in [2.45, 2.75) is 19.3 Å². The van der Waals surface area contributed by atoms with Crippen LogP contribution < -0.4 is 0 Å². The fraction of sp³-hybridized carbons (Fsp3) is 0.333. The number of ketones is 1. The van der Waals surface area contributed by atoms with E-state index in [0.29, 0.717) is 5.76 Å². The van der Waals surface area contributed by atoms with Gasteiger partial charge in [0.05, 0.1) is 19.1 Å². The molecule has 0 aromatic carbocycles. The molecular weight excluding hydrogens is 172 g/mol. The monoisotopic (exact) mass is 182 g/mol. The number of aliphatic carboxylic acids is 1. The van der Waals surface area contributed by atoms with Crippen molar-refractivity contribution in [3.05, 3.63) is 24.2 Å². The van der Waals surface area contributed by atoms with Crippen LogP contribution in [0.4, 0.5) is 0 Å². The molecule has 1 aromatic heterocycles. The Kier molecular flexibility index (Phi) is 3.25. The van der Waals surface area contributed by atoms with Crippen LogP contribution in [0.2, 0.25) is 0 Å². The molecule has 1 rings (SSSR count). The van der Waals surface area contributed by atoms with Gasteiger partial charge >= 0.3 is 5.97 Å². The zero-order valence-corrected chi connectivity index (χ0v) is 7.03. The Labute approximate surface area is 75.2 Å². The minimum Gasteiger partial charge on any atom is -0.481 e. The number of furan rings is 1. The van der Waals surface area contributed by atoms with E-state index >= 15 is 0 Å². The Bertz CT molecular complexity index is 287. The zero-order valence-electron chi connectivity index (χ0n) is 7.03. The van der Waals surface area contributed by atoms with Gasteiger partial charge in [0.2, 0.25) is 0 Å². The SMILES string of the molecule is O=C(O)CCC(=O)Cc1ccco1. The molecule has 0 bridgehead atoms. The molecule has 0 fully saturated rings. The van der Waals surface area contributed by atoms with Crippen molar-refractivity contribution in [2.75, 3.05) is 0 Å². The third-order valence-corrected chi connectivity index (χ3v) is 1.57. The van der Waals surface area contributed by atoms with Gasteiger partial charge in [0, 0.05) is 6.42 Å². The number of Topliss-reactive ketones (excluding diaryl/α,β-unsaturated/α-hetero) is 1. The van der Waals surface area contributed by atoms with Crippen molar-refractivity contribution in [1.82, 2.24) is 0 Å². The number of carboxylic acids is 1. The maximum Gasteiger partial charge on any atom is 0.303 e. The first-order valence-electron chi connectivity index (χ1n) is 3.94. The van der Waals surface area contributed by atoms with E-state index in [2.05, 4.69) is 0 Å². The highest BCUT2D eigenvalue weighted by Gasteiger charge is 2.07. The summed E-state index contributed by atoms with van der Waals surface area (Å²) in [6.07, 6.45) is 1.62. The second-order valence-corrected chi connectivity index (χ2v) is 2.69. The van der Waals surface area contributed by atoms with Crippen LogP contribution in [0.3, 0.4) is 0 Å². The maximum atomic E-state index is 11.1. The van der Waals surface area contributed by atoms with Gasteiger partial charge in [0.15, 0.2) is 0 Å². The molecule has 1 heterocycles. The van der Waals surface area contributed by atoms with E-state index in [4.69, 9.17) is 9.52 Å². The summed E-state index contributed by atoms with van der Waals surface area (Å²) in [6, 6.07) is 3.39. The van der Waals surface area contributed by atoms with E-state index in [0.717, 1.165) is 0 Å². The Balaban J connectivity index is 2.30. The summed E-state index contributed by atoms with van der Waals surface area (Å²) in [6.45, 7) is 0. The van der Waals surface area contributed by atoms with Gasteiger partial charge in [-0.05, 0) is 12.1 Å². The molecule has 70 valence electrons. The topological polar surface area (TPSA) is 67.5 Å². The molecule has 0 radical (unpaired) electrons. The predicted octanol–water partition coefficient (Wildman–Crippen LogP) is 1.26. The van der Waals surface area contributed by atoms with E-state index in [-0.39, 0.29) is 25.0 Å². The zero-order chi connectivity index (χ0) is 9.68. The van der Waals surface area contributed by atoms with Crippen molar-refractivity contribution >= 4 is 11.8 Å².